The lowest BCUT2D eigenvalue weighted by atomic mass is 9.75. The monoisotopic (exact) mass is 428 g/mol. The average molecular weight is 428 g/mol. The van der Waals surface area contributed by atoms with E-state index in [9.17, 15) is 18.0 Å². The van der Waals surface area contributed by atoms with E-state index in [1.807, 2.05) is 24.3 Å². The second kappa shape index (κ2) is 8.72. The molecule has 1 atom stereocenters. The van der Waals surface area contributed by atoms with Crippen molar-refractivity contribution in [2.45, 2.75) is 18.0 Å². The van der Waals surface area contributed by atoms with Crippen molar-refractivity contribution in [2.24, 2.45) is 0 Å². The van der Waals surface area contributed by atoms with Crippen LogP contribution in [0.3, 0.4) is 0 Å². The Kier molecular flexibility index (Phi) is 5.83. The van der Waals surface area contributed by atoms with Gasteiger partial charge in [0.1, 0.15) is 0 Å². The number of Topliss-reactive ketones (excluding diaryl/α,β-unsaturated/α-hetero) is 1. The van der Waals surface area contributed by atoms with Crippen LogP contribution in [0, 0.1) is 11.8 Å². The molecule has 32 heavy (non-hydrogen) atoms. The molecular weight excluding hydrogens is 409 g/mol. The van der Waals surface area contributed by atoms with Gasteiger partial charge in [-0.25, -0.2) is 0 Å². The Balaban J connectivity index is 1.82. The molecule has 0 aromatic heterocycles. The van der Waals surface area contributed by atoms with Gasteiger partial charge in [-0.3, -0.25) is 4.79 Å². The first-order valence-corrected chi connectivity index (χ1v) is 10.1. The molecule has 1 nitrogen and oxygen atoms in total. The molecule has 0 aliphatic carbocycles. The van der Waals surface area contributed by atoms with Gasteiger partial charge in [-0.15, -0.1) is 0 Å². The first kappa shape index (κ1) is 21.4. The Morgan fingerprint density at radius 3 is 1.97 bits per heavy atom. The summed E-state index contributed by atoms with van der Waals surface area (Å²) in [4.78, 5) is 13.2. The molecule has 158 valence electrons. The Morgan fingerprint density at radius 2 is 1.31 bits per heavy atom. The maximum absolute atomic E-state index is 14.6. The van der Waals surface area contributed by atoms with E-state index in [0.29, 0.717) is 5.56 Å². The van der Waals surface area contributed by atoms with Gasteiger partial charge in [0.25, 0.3) is 0 Å². The third-order valence-electron chi connectivity index (χ3n) is 5.44. The van der Waals surface area contributed by atoms with Crippen LogP contribution in [-0.4, -0.2) is 12.0 Å². The van der Waals surface area contributed by atoms with Crippen molar-refractivity contribution in [2.75, 3.05) is 0 Å². The Morgan fingerprint density at radius 1 is 0.719 bits per heavy atom. The fraction of sp³-hybridized carbons (Fsp3) is 0.107. The predicted octanol–water partition coefficient (Wildman–Crippen LogP) is 6.96. The van der Waals surface area contributed by atoms with Gasteiger partial charge in [-0.2, -0.15) is 13.2 Å². The standard InChI is InChI=1S/C28H19F3O/c29-28(30,31)27(25-13-5-2-6-14-25,18-17-21-9-3-1-4-10-21)20-26(32)24-16-15-22-11-7-8-12-23(22)19-24/h1-16,19H,20H2. The smallest absolute Gasteiger partial charge is 0.294 e. The van der Waals surface area contributed by atoms with Crippen molar-refractivity contribution in [3.8, 4) is 11.8 Å². The van der Waals surface area contributed by atoms with E-state index >= 15 is 0 Å². The van der Waals surface area contributed by atoms with E-state index in [2.05, 4.69) is 11.8 Å². The zero-order chi connectivity index (χ0) is 22.6. The SMILES string of the molecule is O=C(CC(C#Cc1ccccc1)(c1ccccc1)C(F)(F)F)c1ccc2ccccc2c1. The maximum Gasteiger partial charge on any atom is 0.409 e. The molecule has 0 aliphatic heterocycles. The van der Waals surface area contributed by atoms with Gasteiger partial charge in [0.2, 0.25) is 0 Å². The summed E-state index contributed by atoms with van der Waals surface area (Å²) in [6.45, 7) is 0. The van der Waals surface area contributed by atoms with Crippen LogP contribution in [-0.2, 0) is 5.41 Å². The molecule has 0 heterocycles. The number of carbonyl (C=O) groups is 1. The lowest BCUT2D eigenvalue weighted by Crippen LogP contribution is -2.43. The van der Waals surface area contributed by atoms with Crippen LogP contribution in [0.1, 0.15) is 27.9 Å². The molecule has 0 aliphatic rings. The summed E-state index contributed by atoms with van der Waals surface area (Å²) in [5.74, 6) is 4.49. The average Bonchev–Trinajstić information content (AvgIpc) is 2.81. The van der Waals surface area contributed by atoms with Crippen molar-refractivity contribution < 1.29 is 18.0 Å². The number of hydrogen-bond acceptors (Lipinski definition) is 1. The first-order valence-electron chi connectivity index (χ1n) is 10.1. The molecule has 1 unspecified atom stereocenters. The highest BCUT2D eigenvalue weighted by Gasteiger charge is 2.56. The van der Waals surface area contributed by atoms with Gasteiger partial charge >= 0.3 is 6.18 Å². The predicted molar refractivity (Wildman–Crippen MR) is 120 cm³/mol. The van der Waals surface area contributed by atoms with Crippen molar-refractivity contribution >= 4 is 16.6 Å². The largest absolute Gasteiger partial charge is 0.409 e. The van der Waals surface area contributed by atoms with E-state index in [-0.39, 0.29) is 11.1 Å². The van der Waals surface area contributed by atoms with Crippen LogP contribution < -0.4 is 0 Å². The number of carbonyl (C=O) groups excluding carboxylic acids is 1. The van der Waals surface area contributed by atoms with E-state index in [1.165, 1.54) is 24.3 Å². The van der Waals surface area contributed by atoms with Gasteiger partial charge in [-0.05, 0) is 34.5 Å². The summed E-state index contributed by atoms with van der Waals surface area (Å²) in [5.41, 5.74) is -2.00. The molecule has 0 saturated heterocycles. The molecule has 4 rings (SSSR count). The third kappa shape index (κ3) is 4.29. The second-order valence-electron chi connectivity index (χ2n) is 7.55. The molecule has 0 spiro atoms. The normalized spacial score (nSPS) is 13.1. The Labute approximate surface area is 184 Å². The van der Waals surface area contributed by atoms with E-state index in [1.54, 1.807) is 54.6 Å². The van der Waals surface area contributed by atoms with Gasteiger partial charge < -0.3 is 0 Å². The number of halogens is 3. The fourth-order valence-corrected chi connectivity index (χ4v) is 3.68. The number of ketones is 1. The molecule has 0 fully saturated rings. The molecule has 4 aromatic rings. The number of hydrogen-bond donors (Lipinski definition) is 0. The minimum Gasteiger partial charge on any atom is -0.294 e. The van der Waals surface area contributed by atoms with E-state index < -0.39 is 23.8 Å². The van der Waals surface area contributed by atoms with Crippen LogP contribution in [0.2, 0.25) is 0 Å². The summed E-state index contributed by atoms with van der Waals surface area (Å²) in [5, 5.41) is 1.71. The van der Waals surface area contributed by atoms with Gasteiger partial charge in [0.05, 0.1) is 0 Å². The zero-order valence-electron chi connectivity index (χ0n) is 17.1. The summed E-state index contributed by atoms with van der Waals surface area (Å²) in [6, 6.07) is 28.3. The maximum atomic E-state index is 14.6. The van der Waals surface area contributed by atoms with Crippen molar-refractivity contribution in [1.82, 2.24) is 0 Å². The molecule has 4 heteroatoms. The quantitative estimate of drug-likeness (QED) is 0.254. The molecule has 0 bridgehead atoms. The van der Waals surface area contributed by atoms with E-state index in [0.717, 1.165) is 10.8 Å². The van der Waals surface area contributed by atoms with Gasteiger partial charge in [-0.1, -0.05) is 96.8 Å². The number of fused-ring (bicyclic) bond motifs is 1. The topological polar surface area (TPSA) is 17.1 Å². The van der Waals surface area contributed by atoms with Crippen LogP contribution in [0.25, 0.3) is 10.8 Å². The highest BCUT2D eigenvalue weighted by atomic mass is 19.4. The number of alkyl halides is 3. The van der Waals surface area contributed by atoms with Crippen molar-refractivity contribution in [3.05, 3.63) is 120 Å². The lowest BCUT2D eigenvalue weighted by Gasteiger charge is -2.31. The van der Waals surface area contributed by atoms with Crippen molar-refractivity contribution in [1.29, 1.82) is 0 Å². The fourth-order valence-electron chi connectivity index (χ4n) is 3.68. The Hall–Kier alpha value is -3.84. The minimum absolute atomic E-state index is 0.0509. The molecule has 4 aromatic carbocycles. The second-order valence-corrected chi connectivity index (χ2v) is 7.55. The van der Waals surface area contributed by atoms with Gasteiger partial charge in [0.15, 0.2) is 11.2 Å². The first-order chi connectivity index (χ1) is 15.4. The summed E-state index contributed by atoms with van der Waals surface area (Å²) in [6.07, 6.45) is -5.57. The minimum atomic E-state index is -4.76. The highest BCUT2D eigenvalue weighted by Crippen LogP contribution is 2.44. The Bertz CT molecular complexity index is 1300. The van der Waals surface area contributed by atoms with E-state index in [4.69, 9.17) is 0 Å². The molecule has 0 amide bonds. The molecular formula is C28H19F3O. The zero-order valence-corrected chi connectivity index (χ0v) is 17.1. The van der Waals surface area contributed by atoms with Gasteiger partial charge in [0, 0.05) is 17.5 Å². The summed E-state index contributed by atoms with van der Waals surface area (Å²) < 4.78 is 43.9. The molecule has 0 radical (unpaired) electrons. The summed E-state index contributed by atoms with van der Waals surface area (Å²) in [7, 11) is 0. The van der Waals surface area contributed by atoms with Crippen molar-refractivity contribution in [3.63, 3.8) is 0 Å². The van der Waals surface area contributed by atoms with Crippen LogP contribution in [0.15, 0.2) is 103 Å². The number of rotatable bonds is 4. The van der Waals surface area contributed by atoms with Crippen LogP contribution >= 0.6 is 0 Å². The number of benzene rings is 4. The molecule has 0 saturated carbocycles. The van der Waals surface area contributed by atoms with Crippen LogP contribution in [0.5, 0.6) is 0 Å². The highest BCUT2D eigenvalue weighted by molar-refractivity contribution is 6.01. The third-order valence-corrected chi connectivity index (χ3v) is 5.44. The summed E-state index contributed by atoms with van der Waals surface area (Å²) >= 11 is 0. The van der Waals surface area contributed by atoms with Crippen LogP contribution in [0.4, 0.5) is 13.2 Å². The molecule has 0 N–H and O–H groups in total. The lowest BCUT2D eigenvalue weighted by molar-refractivity contribution is -0.172.